The van der Waals surface area contributed by atoms with Gasteiger partial charge in [-0.05, 0) is 36.8 Å². The van der Waals surface area contributed by atoms with Gasteiger partial charge in [-0.1, -0.05) is 60.2 Å². The molecule has 3 aromatic rings. The third kappa shape index (κ3) is 7.28. The third-order valence-electron chi connectivity index (χ3n) is 4.41. The van der Waals surface area contributed by atoms with Crippen molar-refractivity contribution in [2.45, 2.75) is 13.3 Å². The van der Waals surface area contributed by atoms with Crippen molar-refractivity contribution in [1.82, 2.24) is 5.32 Å². The molecule has 0 aromatic heterocycles. The summed E-state index contributed by atoms with van der Waals surface area (Å²) in [5.74, 6) is -0.432. The Hall–Kier alpha value is -4.13. The molecule has 0 fully saturated rings. The molecule has 7 nitrogen and oxygen atoms in total. The number of nitrogens with one attached hydrogen (secondary N) is 2. The highest BCUT2D eigenvalue weighted by molar-refractivity contribution is 5.94. The Labute approximate surface area is 186 Å². The van der Waals surface area contributed by atoms with Crippen LogP contribution >= 0.6 is 0 Å². The van der Waals surface area contributed by atoms with Crippen molar-refractivity contribution in [3.8, 4) is 11.5 Å². The zero-order valence-corrected chi connectivity index (χ0v) is 17.7. The minimum absolute atomic E-state index is 0.159. The second kappa shape index (κ2) is 11.3. The molecular weight excluding hydrogens is 408 g/mol. The van der Waals surface area contributed by atoms with E-state index in [2.05, 4.69) is 10.6 Å². The lowest BCUT2D eigenvalue weighted by Gasteiger charge is -2.12. The number of carbonyl (C=O) groups is 3. The number of para-hydroxylation sites is 2. The van der Waals surface area contributed by atoms with Crippen LogP contribution in [-0.2, 0) is 25.5 Å². The Bertz CT molecular complexity index is 1070. The van der Waals surface area contributed by atoms with Gasteiger partial charge in [-0.3, -0.25) is 14.4 Å². The number of rotatable bonds is 9. The predicted octanol–water partition coefficient (Wildman–Crippen LogP) is 3.63. The highest BCUT2D eigenvalue weighted by Gasteiger charge is 2.12. The molecule has 0 unspecified atom stereocenters. The Balaban J connectivity index is 1.44. The maximum Gasteiger partial charge on any atom is 0.325 e. The average molecular weight is 432 g/mol. The number of carbonyl (C=O) groups excluding carboxylic acids is 3. The van der Waals surface area contributed by atoms with Crippen molar-refractivity contribution >= 4 is 23.5 Å². The van der Waals surface area contributed by atoms with E-state index in [-0.39, 0.29) is 18.9 Å². The second-order valence-corrected chi connectivity index (χ2v) is 7.06. The number of benzene rings is 3. The van der Waals surface area contributed by atoms with Crippen LogP contribution in [-0.4, -0.2) is 30.9 Å². The minimum atomic E-state index is -0.703. The van der Waals surface area contributed by atoms with Crippen molar-refractivity contribution in [2.24, 2.45) is 0 Å². The summed E-state index contributed by atoms with van der Waals surface area (Å²) in [7, 11) is 0. The fraction of sp³-hybridized carbons (Fsp3) is 0.160. The van der Waals surface area contributed by atoms with Crippen LogP contribution in [0.5, 0.6) is 11.5 Å². The van der Waals surface area contributed by atoms with Crippen LogP contribution < -0.4 is 15.4 Å². The molecule has 7 heteroatoms. The van der Waals surface area contributed by atoms with Gasteiger partial charge in [-0.2, -0.15) is 0 Å². The average Bonchev–Trinajstić information content (AvgIpc) is 2.80. The lowest BCUT2D eigenvalue weighted by molar-refractivity contribution is -0.147. The van der Waals surface area contributed by atoms with Crippen LogP contribution in [0.25, 0.3) is 0 Å². The summed E-state index contributed by atoms with van der Waals surface area (Å²) in [6.07, 6.45) is 0.159. The molecule has 2 amide bonds. The Morgan fingerprint density at radius 1 is 0.812 bits per heavy atom. The molecule has 0 atom stereocenters. The van der Waals surface area contributed by atoms with E-state index in [0.29, 0.717) is 17.2 Å². The summed E-state index contributed by atoms with van der Waals surface area (Å²) in [6, 6.07) is 23.6. The number of amides is 2. The summed E-state index contributed by atoms with van der Waals surface area (Å²) in [5, 5.41) is 5.15. The van der Waals surface area contributed by atoms with Gasteiger partial charge in [-0.25, -0.2) is 0 Å². The van der Waals surface area contributed by atoms with E-state index in [0.717, 1.165) is 11.1 Å². The largest absolute Gasteiger partial charge is 0.455 e. The normalized spacial score (nSPS) is 10.2. The maximum atomic E-state index is 12.2. The first-order valence-corrected chi connectivity index (χ1v) is 10.1. The lowest BCUT2D eigenvalue weighted by Crippen LogP contribution is -2.33. The van der Waals surface area contributed by atoms with Gasteiger partial charge in [0.05, 0.1) is 12.1 Å². The van der Waals surface area contributed by atoms with Gasteiger partial charge in [0.25, 0.3) is 5.91 Å². The quantitative estimate of drug-likeness (QED) is 0.504. The molecule has 0 saturated heterocycles. The number of hydrogen-bond acceptors (Lipinski definition) is 5. The molecule has 0 aliphatic carbocycles. The molecule has 0 heterocycles. The van der Waals surface area contributed by atoms with E-state index < -0.39 is 18.5 Å². The van der Waals surface area contributed by atoms with Gasteiger partial charge < -0.3 is 20.1 Å². The highest BCUT2D eigenvalue weighted by atomic mass is 16.5. The molecule has 0 saturated carbocycles. The van der Waals surface area contributed by atoms with Gasteiger partial charge in [-0.15, -0.1) is 0 Å². The molecule has 2 N–H and O–H groups in total. The van der Waals surface area contributed by atoms with E-state index in [4.69, 9.17) is 9.47 Å². The summed E-state index contributed by atoms with van der Waals surface area (Å²) in [5.41, 5.74) is 2.39. The van der Waals surface area contributed by atoms with Gasteiger partial charge in [0, 0.05) is 0 Å². The number of ether oxygens (including phenoxy) is 2. The molecule has 164 valence electrons. The molecule has 0 bridgehead atoms. The third-order valence-corrected chi connectivity index (χ3v) is 4.41. The Morgan fingerprint density at radius 3 is 2.25 bits per heavy atom. The summed E-state index contributed by atoms with van der Waals surface area (Å²) >= 11 is 0. The number of hydrogen-bond donors (Lipinski definition) is 2. The van der Waals surface area contributed by atoms with Gasteiger partial charge >= 0.3 is 5.97 Å². The summed E-state index contributed by atoms with van der Waals surface area (Å²) in [4.78, 5) is 36.0. The molecule has 0 aliphatic rings. The van der Waals surface area contributed by atoms with Crippen molar-refractivity contribution < 1.29 is 23.9 Å². The zero-order valence-electron chi connectivity index (χ0n) is 17.7. The van der Waals surface area contributed by atoms with E-state index in [1.807, 2.05) is 61.5 Å². The van der Waals surface area contributed by atoms with Crippen LogP contribution in [0.2, 0.25) is 0 Å². The van der Waals surface area contributed by atoms with Crippen molar-refractivity contribution in [3.63, 3.8) is 0 Å². The molecule has 3 rings (SSSR count). The second-order valence-electron chi connectivity index (χ2n) is 7.06. The van der Waals surface area contributed by atoms with E-state index in [1.54, 1.807) is 24.3 Å². The van der Waals surface area contributed by atoms with Gasteiger partial charge in [0.2, 0.25) is 5.91 Å². The Morgan fingerprint density at radius 2 is 1.50 bits per heavy atom. The maximum absolute atomic E-state index is 12.2. The topological polar surface area (TPSA) is 93.7 Å². The van der Waals surface area contributed by atoms with Crippen LogP contribution in [0.4, 0.5) is 5.69 Å². The van der Waals surface area contributed by atoms with Crippen LogP contribution in [0, 0.1) is 6.92 Å². The molecule has 0 aliphatic heterocycles. The van der Waals surface area contributed by atoms with Crippen molar-refractivity contribution in [1.29, 1.82) is 0 Å². The minimum Gasteiger partial charge on any atom is -0.455 e. The number of aryl methyl sites for hydroxylation is 1. The smallest absolute Gasteiger partial charge is 0.325 e. The highest BCUT2D eigenvalue weighted by Crippen LogP contribution is 2.29. The van der Waals surface area contributed by atoms with Crippen molar-refractivity contribution in [3.05, 3.63) is 90.0 Å². The predicted molar refractivity (Wildman–Crippen MR) is 120 cm³/mol. The lowest BCUT2D eigenvalue weighted by atomic mass is 10.1. The van der Waals surface area contributed by atoms with E-state index >= 15 is 0 Å². The van der Waals surface area contributed by atoms with Crippen molar-refractivity contribution in [2.75, 3.05) is 18.5 Å². The molecule has 0 radical (unpaired) electrons. The first-order valence-electron chi connectivity index (χ1n) is 10.1. The van der Waals surface area contributed by atoms with Gasteiger partial charge in [0.1, 0.15) is 12.3 Å². The number of anilines is 1. The summed E-state index contributed by atoms with van der Waals surface area (Å²) in [6.45, 7) is 1.19. The zero-order chi connectivity index (χ0) is 22.8. The summed E-state index contributed by atoms with van der Waals surface area (Å²) < 4.78 is 10.8. The first kappa shape index (κ1) is 22.6. The van der Waals surface area contributed by atoms with Gasteiger partial charge in [0.15, 0.2) is 12.4 Å². The first-order chi connectivity index (χ1) is 15.5. The van der Waals surface area contributed by atoms with Crippen LogP contribution in [0.15, 0.2) is 78.9 Å². The van der Waals surface area contributed by atoms with E-state index in [1.165, 1.54) is 0 Å². The molecule has 0 spiro atoms. The standard InChI is InChI=1S/C25H24N2O5/c1-18-11-13-20(14-12-18)32-22-10-6-5-9-21(22)27-24(29)17-31-25(30)16-26-23(28)15-19-7-3-2-4-8-19/h2-14H,15-17H2,1H3,(H,26,28)(H,27,29). The molecular formula is C25H24N2O5. The SMILES string of the molecule is Cc1ccc(Oc2ccccc2NC(=O)COC(=O)CNC(=O)Cc2ccccc2)cc1. The molecule has 3 aromatic carbocycles. The fourth-order valence-corrected chi connectivity index (χ4v) is 2.79. The number of esters is 1. The fourth-order valence-electron chi connectivity index (χ4n) is 2.79. The Kier molecular flexibility index (Phi) is 7.97. The monoisotopic (exact) mass is 432 g/mol. The molecule has 32 heavy (non-hydrogen) atoms. The van der Waals surface area contributed by atoms with Crippen LogP contribution in [0.1, 0.15) is 11.1 Å². The van der Waals surface area contributed by atoms with E-state index in [9.17, 15) is 14.4 Å². The van der Waals surface area contributed by atoms with Crippen LogP contribution in [0.3, 0.4) is 0 Å².